The highest BCUT2D eigenvalue weighted by atomic mass is 35.5. The molecule has 1 aromatic heterocycles. The third kappa shape index (κ3) is 6.54. The molecule has 0 radical (unpaired) electrons. The Balaban J connectivity index is 1.49. The summed E-state index contributed by atoms with van der Waals surface area (Å²) in [4.78, 5) is 18.2. The first-order valence-electron chi connectivity index (χ1n) is 9.77. The van der Waals surface area contributed by atoms with Gasteiger partial charge in [-0.15, -0.1) is 0 Å². The van der Waals surface area contributed by atoms with Gasteiger partial charge in [0.05, 0.1) is 11.6 Å². The van der Waals surface area contributed by atoms with Gasteiger partial charge in [-0.3, -0.25) is 4.90 Å². The SMILES string of the molecule is CCOC(=O)/C=C/c1cnc(NC2CCN(Cc3ccc(F)cc3)CC2)c(Cl)c1. The molecule has 2 aromatic rings. The number of piperidine rings is 1. The smallest absolute Gasteiger partial charge is 0.330 e. The Morgan fingerprint density at radius 1 is 1.34 bits per heavy atom. The van der Waals surface area contributed by atoms with E-state index in [4.69, 9.17) is 16.3 Å². The molecule has 0 atom stereocenters. The molecule has 0 bridgehead atoms. The van der Waals surface area contributed by atoms with Crippen molar-refractivity contribution in [1.82, 2.24) is 9.88 Å². The average Bonchev–Trinajstić information content (AvgIpc) is 2.71. The molecule has 1 N–H and O–H groups in total. The van der Waals surface area contributed by atoms with Crippen LogP contribution in [0.3, 0.4) is 0 Å². The van der Waals surface area contributed by atoms with E-state index in [0.29, 0.717) is 23.5 Å². The summed E-state index contributed by atoms with van der Waals surface area (Å²) in [6, 6.07) is 8.75. The van der Waals surface area contributed by atoms with Crippen LogP contribution in [0.4, 0.5) is 10.2 Å². The number of anilines is 1. The fourth-order valence-corrected chi connectivity index (χ4v) is 3.51. The summed E-state index contributed by atoms with van der Waals surface area (Å²) >= 11 is 6.36. The topological polar surface area (TPSA) is 54.5 Å². The number of carbonyl (C=O) groups excluding carboxylic acids is 1. The molecule has 29 heavy (non-hydrogen) atoms. The standard InChI is InChI=1S/C22H25ClFN3O2/c1-2-29-21(28)8-5-17-13-20(23)22(25-14-17)26-19-9-11-27(12-10-19)15-16-3-6-18(24)7-4-16/h3-8,13-14,19H,2,9-12,15H2,1H3,(H,25,26)/b8-5+. The number of rotatable bonds is 7. The highest BCUT2D eigenvalue weighted by molar-refractivity contribution is 6.33. The lowest BCUT2D eigenvalue weighted by Crippen LogP contribution is -2.38. The number of hydrogen-bond acceptors (Lipinski definition) is 5. The first kappa shape index (κ1) is 21.3. The molecule has 1 saturated heterocycles. The second-order valence-corrected chi connectivity index (χ2v) is 7.41. The Kier molecular flexibility index (Phi) is 7.61. The van der Waals surface area contributed by atoms with Gasteiger partial charge in [0.15, 0.2) is 0 Å². The van der Waals surface area contributed by atoms with Crippen molar-refractivity contribution in [3.63, 3.8) is 0 Å². The normalized spacial score (nSPS) is 15.6. The van der Waals surface area contributed by atoms with E-state index in [9.17, 15) is 9.18 Å². The number of likely N-dealkylation sites (tertiary alicyclic amines) is 1. The number of ether oxygens (including phenoxy) is 1. The molecular formula is C22H25ClFN3O2. The van der Waals surface area contributed by atoms with E-state index in [-0.39, 0.29) is 5.82 Å². The quantitative estimate of drug-likeness (QED) is 0.530. The molecule has 154 valence electrons. The van der Waals surface area contributed by atoms with Crippen LogP contribution < -0.4 is 5.32 Å². The van der Waals surface area contributed by atoms with Crippen molar-refractivity contribution in [3.8, 4) is 0 Å². The number of nitrogens with one attached hydrogen (secondary N) is 1. The van der Waals surface area contributed by atoms with Crippen molar-refractivity contribution in [3.05, 3.63) is 64.6 Å². The van der Waals surface area contributed by atoms with Gasteiger partial charge in [-0.25, -0.2) is 14.2 Å². The molecule has 7 heteroatoms. The fraction of sp³-hybridized carbons (Fsp3) is 0.364. The Hall–Kier alpha value is -2.44. The Morgan fingerprint density at radius 3 is 2.72 bits per heavy atom. The molecule has 5 nitrogen and oxygen atoms in total. The maximum atomic E-state index is 13.0. The summed E-state index contributed by atoms with van der Waals surface area (Å²) in [6.45, 7) is 4.83. The van der Waals surface area contributed by atoms with Crippen LogP contribution in [0.2, 0.25) is 5.02 Å². The molecule has 3 rings (SSSR count). The summed E-state index contributed by atoms with van der Waals surface area (Å²) < 4.78 is 17.9. The third-order valence-corrected chi connectivity index (χ3v) is 5.10. The van der Waals surface area contributed by atoms with Crippen LogP contribution in [0.15, 0.2) is 42.6 Å². The van der Waals surface area contributed by atoms with Gasteiger partial charge in [0.25, 0.3) is 0 Å². The maximum absolute atomic E-state index is 13.0. The Bertz CT molecular complexity index is 850. The van der Waals surface area contributed by atoms with E-state index in [1.807, 2.05) is 12.1 Å². The van der Waals surface area contributed by atoms with Gasteiger partial charge in [0.2, 0.25) is 0 Å². The molecule has 0 saturated carbocycles. The number of aromatic nitrogens is 1. The number of halogens is 2. The predicted octanol–water partition coefficient (Wildman–Crippen LogP) is 4.53. The highest BCUT2D eigenvalue weighted by Gasteiger charge is 2.20. The highest BCUT2D eigenvalue weighted by Crippen LogP contribution is 2.24. The van der Waals surface area contributed by atoms with Gasteiger partial charge in [0, 0.05) is 37.9 Å². The predicted molar refractivity (Wildman–Crippen MR) is 113 cm³/mol. The number of hydrogen-bond donors (Lipinski definition) is 1. The van der Waals surface area contributed by atoms with Crippen LogP contribution in [0.5, 0.6) is 0 Å². The minimum Gasteiger partial charge on any atom is -0.463 e. The largest absolute Gasteiger partial charge is 0.463 e. The monoisotopic (exact) mass is 417 g/mol. The molecular weight excluding hydrogens is 393 g/mol. The van der Waals surface area contributed by atoms with Gasteiger partial charge in [0.1, 0.15) is 11.6 Å². The minimum absolute atomic E-state index is 0.205. The fourth-order valence-electron chi connectivity index (χ4n) is 3.28. The first-order chi connectivity index (χ1) is 14.0. The van der Waals surface area contributed by atoms with E-state index >= 15 is 0 Å². The van der Waals surface area contributed by atoms with E-state index in [0.717, 1.165) is 43.6 Å². The van der Waals surface area contributed by atoms with E-state index in [2.05, 4.69) is 15.2 Å². The first-order valence-corrected chi connectivity index (χ1v) is 10.1. The van der Waals surface area contributed by atoms with Crippen molar-refractivity contribution in [2.24, 2.45) is 0 Å². The molecule has 1 aliphatic heterocycles. The van der Waals surface area contributed by atoms with Crippen molar-refractivity contribution in [1.29, 1.82) is 0 Å². The van der Waals surface area contributed by atoms with Crippen LogP contribution in [0.25, 0.3) is 6.08 Å². The maximum Gasteiger partial charge on any atom is 0.330 e. The van der Waals surface area contributed by atoms with Gasteiger partial charge in [-0.05, 0) is 55.2 Å². The number of benzene rings is 1. The zero-order chi connectivity index (χ0) is 20.6. The van der Waals surface area contributed by atoms with Crippen LogP contribution in [0.1, 0.15) is 30.9 Å². The molecule has 2 heterocycles. The number of pyridine rings is 1. The van der Waals surface area contributed by atoms with Gasteiger partial charge < -0.3 is 10.1 Å². The lowest BCUT2D eigenvalue weighted by molar-refractivity contribution is -0.137. The van der Waals surface area contributed by atoms with Crippen molar-refractivity contribution < 1.29 is 13.9 Å². The lowest BCUT2D eigenvalue weighted by atomic mass is 10.0. The second-order valence-electron chi connectivity index (χ2n) is 7.01. The molecule has 1 aliphatic rings. The van der Waals surface area contributed by atoms with Crippen molar-refractivity contribution in [2.75, 3.05) is 25.0 Å². The molecule has 1 aromatic carbocycles. The van der Waals surface area contributed by atoms with Gasteiger partial charge in [-0.2, -0.15) is 0 Å². The Labute approximate surface area is 175 Å². The van der Waals surface area contributed by atoms with Crippen LogP contribution >= 0.6 is 11.6 Å². The number of esters is 1. The Morgan fingerprint density at radius 2 is 2.07 bits per heavy atom. The molecule has 0 unspecified atom stereocenters. The zero-order valence-electron chi connectivity index (χ0n) is 16.4. The summed E-state index contributed by atoms with van der Waals surface area (Å²) in [6.07, 6.45) is 6.62. The number of nitrogens with zero attached hydrogens (tertiary/aromatic N) is 2. The minimum atomic E-state index is -0.391. The average molecular weight is 418 g/mol. The van der Waals surface area contributed by atoms with Crippen LogP contribution in [-0.2, 0) is 16.1 Å². The zero-order valence-corrected chi connectivity index (χ0v) is 17.2. The summed E-state index contributed by atoms with van der Waals surface area (Å²) in [5.74, 6) is 0.0543. The molecule has 1 fully saturated rings. The lowest BCUT2D eigenvalue weighted by Gasteiger charge is -2.32. The number of carbonyl (C=O) groups is 1. The van der Waals surface area contributed by atoms with Gasteiger partial charge >= 0.3 is 5.97 Å². The second kappa shape index (κ2) is 10.4. The summed E-state index contributed by atoms with van der Waals surface area (Å²) in [5.41, 5.74) is 1.86. The summed E-state index contributed by atoms with van der Waals surface area (Å²) in [7, 11) is 0. The van der Waals surface area contributed by atoms with Crippen molar-refractivity contribution in [2.45, 2.75) is 32.4 Å². The van der Waals surface area contributed by atoms with Crippen molar-refractivity contribution >= 4 is 29.5 Å². The van der Waals surface area contributed by atoms with E-state index < -0.39 is 5.97 Å². The molecule has 0 amide bonds. The third-order valence-electron chi connectivity index (χ3n) is 4.81. The summed E-state index contributed by atoms with van der Waals surface area (Å²) in [5, 5.41) is 3.94. The van der Waals surface area contributed by atoms with Gasteiger partial charge in [-0.1, -0.05) is 23.7 Å². The molecule has 0 spiro atoms. The van der Waals surface area contributed by atoms with E-state index in [1.54, 1.807) is 25.3 Å². The van der Waals surface area contributed by atoms with E-state index in [1.165, 1.54) is 18.2 Å². The van der Waals surface area contributed by atoms with Crippen LogP contribution in [0, 0.1) is 5.82 Å². The molecule has 0 aliphatic carbocycles. The van der Waals surface area contributed by atoms with Crippen LogP contribution in [-0.4, -0.2) is 41.6 Å².